The molecular formula is C14H11F3N6OS2. The van der Waals surface area contributed by atoms with Gasteiger partial charge < -0.3 is 11.6 Å². The van der Waals surface area contributed by atoms with Crippen molar-refractivity contribution in [3.63, 3.8) is 0 Å². The Hall–Kier alpha value is -2.60. The van der Waals surface area contributed by atoms with E-state index in [1.165, 1.54) is 11.3 Å². The molecule has 0 radical (unpaired) electrons. The Kier molecular flexibility index (Phi) is 4.87. The fourth-order valence-electron chi connectivity index (χ4n) is 1.99. The summed E-state index contributed by atoms with van der Waals surface area (Å²) >= 11 is 2.37. The lowest BCUT2D eigenvalue weighted by Crippen LogP contribution is -2.21. The zero-order valence-electron chi connectivity index (χ0n) is 12.9. The Morgan fingerprint density at radius 1 is 1.23 bits per heavy atom. The van der Waals surface area contributed by atoms with Crippen LogP contribution in [0.1, 0.15) is 21.9 Å². The fourth-order valence-corrected chi connectivity index (χ4v) is 3.67. The minimum absolute atomic E-state index is 0.0577. The van der Waals surface area contributed by atoms with Crippen molar-refractivity contribution in [2.75, 3.05) is 5.84 Å². The number of thioether (sulfide) groups is 1. The molecule has 2 heterocycles. The van der Waals surface area contributed by atoms with Gasteiger partial charge in [0.05, 0.1) is 5.69 Å². The minimum Gasteiger partial charge on any atom is -0.366 e. The van der Waals surface area contributed by atoms with E-state index in [9.17, 15) is 18.0 Å². The zero-order chi connectivity index (χ0) is 18.9. The maximum atomic E-state index is 12.6. The van der Waals surface area contributed by atoms with Crippen LogP contribution in [0, 0.1) is 0 Å². The van der Waals surface area contributed by atoms with Gasteiger partial charge in [0, 0.05) is 22.3 Å². The minimum atomic E-state index is -4.66. The molecule has 26 heavy (non-hydrogen) atoms. The van der Waals surface area contributed by atoms with E-state index in [2.05, 4.69) is 15.2 Å². The van der Waals surface area contributed by atoms with E-state index >= 15 is 0 Å². The van der Waals surface area contributed by atoms with Crippen LogP contribution in [0.25, 0.3) is 10.6 Å². The number of thiazole rings is 1. The molecule has 0 saturated carbocycles. The van der Waals surface area contributed by atoms with Crippen molar-refractivity contribution in [3.05, 3.63) is 46.7 Å². The number of alkyl halides is 3. The highest BCUT2D eigenvalue weighted by molar-refractivity contribution is 7.98. The highest BCUT2D eigenvalue weighted by Crippen LogP contribution is 2.31. The van der Waals surface area contributed by atoms with Gasteiger partial charge in [0.1, 0.15) is 5.01 Å². The lowest BCUT2D eigenvalue weighted by molar-refractivity contribution is -0.146. The second kappa shape index (κ2) is 6.96. The molecular weight excluding hydrogens is 389 g/mol. The topological polar surface area (TPSA) is 113 Å². The number of benzene rings is 1. The molecule has 0 aliphatic heterocycles. The van der Waals surface area contributed by atoms with Gasteiger partial charge in [0.25, 0.3) is 5.82 Å². The molecule has 0 unspecified atom stereocenters. The first-order chi connectivity index (χ1) is 12.3. The SMILES string of the molecule is NC(=O)c1ccc(-c2nc(CSc3nnc(C(F)(F)F)n3N)cs2)cc1. The first-order valence-electron chi connectivity index (χ1n) is 7.01. The summed E-state index contributed by atoms with van der Waals surface area (Å²) in [5, 5.41) is 8.95. The van der Waals surface area contributed by atoms with Crippen LogP contribution in [-0.2, 0) is 11.9 Å². The van der Waals surface area contributed by atoms with Crippen molar-refractivity contribution in [2.24, 2.45) is 5.73 Å². The van der Waals surface area contributed by atoms with E-state index in [1.54, 1.807) is 29.6 Å². The summed E-state index contributed by atoms with van der Waals surface area (Å²) in [6, 6.07) is 6.65. The fraction of sp³-hybridized carbons (Fsp3) is 0.143. The predicted octanol–water partition coefficient (Wildman–Crippen LogP) is 2.53. The average molecular weight is 400 g/mol. The van der Waals surface area contributed by atoms with E-state index in [0.717, 1.165) is 17.3 Å². The van der Waals surface area contributed by atoms with Crippen LogP contribution in [-0.4, -0.2) is 25.8 Å². The number of halogens is 3. The summed E-state index contributed by atoms with van der Waals surface area (Å²) in [4.78, 5) is 15.5. The number of hydrogen-bond acceptors (Lipinski definition) is 7. The molecule has 1 amide bonds. The molecule has 0 bridgehead atoms. The van der Waals surface area contributed by atoms with Crippen molar-refractivity contribution in [1.29, 1.82) is 0 Å². The zero-order valence-corrected chi connectivity index (χ0v) is 14.5. The maximum Gasteiger partial charge on any atom is 0.453 e. The lowest BCUT2D eigenvalue weighted by atomic mass is 10.1. The molecule has 4 N–H and O–H groups in total. The smallest absolute Gasteiger partial charge is 0.366 e. The van der Waals surface area contributed by atoms with Gasteiger partial charge >= 0.3 is 6.18 Å². The number of nitrogens with zero attached hydrogens (tertiary/aromatic N) is 4. The first kappa shape index (κ1) is 18.2. The molecule has 7 nitrogen and oxygen atoms in total. The van der Waals surface area contributed by atoms with Gasteiger partial charge in [0.15, 0.2) is 0 Å². The molecule has 0 aliphatic carbocycles. The van der Waals surface area contributed by atoms with E-state index < -0.39 is 17.9 Å². The molecule has 0 aliphatic rings. The predicted molar refractivity (Wildman–Crippen MR) is 90.8 cm³/mol. The Balaban J connectivity index is 1.69. The number of rotatable bonds is 5. The Bertz CT molecular complexity index is 935. The summed E-state index contributed by atoms with van der Waals surface area (Å²) in [5.74, 6) is 3.89. The summed E-state index contributed by atoms with van der Waals surface area (Å²) in [6.07, 6.45) is -4.66. The molecule has 3 rings (SSSR count). The molecule has 12 heteroatoms. The van der Waals surface area contributed by atoms with Gasteiger partial charge in [-0.1, -0.05) is 23.9 Å². The summed E-state index contributed by atoms with van der Waals surface area (Å²) < 4.78 is 38.3. The second-order valence-electron chi connectivity index (χ2n) is 5.05. The van der Waals surface area contributed by atoms with Crippen molar-refractivity contribution >= 4 is 29.0 Å². The lowest BCUT2D eigenvalue weighted by Gasteiger charge is -2.05. The molecule has 3 aromatic rings. The number of carbonyl (C=O) groups excluding carboxylic acids is 1. The Morgan fingerprint density at radius 2 is 1.92 bits per heavy atom. The third kappa shape index (κ3) is 3.80. The summed E-state index contributed by atoms with van der Waals surface area (Å²) in [6.45, 7) is 0. The van der Waals surface area contributed by atoms with Crippen LogP contribution >= 0.6 is 23.1 Å². The summed E-state index contributed by atoms with van der Waals surface area (Å²) in [7, 11) is 0. The maximum absolute atomic E-state index is 12.6. The van der Waals surface area contributed by atoms with Crippen LogP contribution in [0.5, 0.6) is 0 Å². The van der Waals surface area contributed by atoms with Crippen molar-refractivity contribution < 1.29 is 18.0 Å². The quantitative estimate of drug-likeness (QED) is 0.503. The monoisotopic (exact) mass is 400 g/mol. The number of aromatic nitrogens is 4. The van der Waals surface area contributed by atoms with Crippen LogP contribution in [0.3, 0.4) is 0 Å². The molecule has 0 atom stereocenters. The number of amides is 1. The molecule has 1 aromatic carbocycles. The highest BCUT2D eigenvalue weighted by Gasteiger charge is 2.38. The standard InChI is InChI=1S/C14H11F3N6OS2/c15-14(16,17)12-21-22-13(23(12)19)26-6-9-5-25-11(20-9)8-3-1-7(2-4-8)10(18)24/h1-5H,6,19H2,(H2,18,24). The van der Waals surface area contributed by atoms with Crippen LogP contribution in [0.2, 0.25) is 0 Å². The van der Waals surface area contributed by atoms with Gasteiger partial charge in [-0.05, 0) is 12.1 Å². The largest absolute Gasteiger partial charge is 0.453 e. The third-order valence-corrected chi connectivity index (χ3v) is 5.15. The third-order valence-electron chi connectivity index (χ3n) is 3.24. The van der Waals surface area contributed by atoms with Crippen LogP contribution < -0.4 is 11.6 Å². The number of carbonyl (C=O) groups is 1. The van der Waals surface area contributed by atoms with Crippen molar-refractivity contribution in [1.82, 2.24) is 19.9 Å². The second-order valence-corrected chi connectivity index (χ2v) is 6.85. The highest BCUT2D eigenvalue weighted by atomic mass is 32.2. The van der Waals surface area contributed by atoms with E-state index in [-0.39, 0.29) is 10.9 Å². The van der Waals surface area contributed by atoms with Crippen LogP contribution in [0.4, 0.5) is 13.2 Å². The van der Waals surface area contributed by atoms with Gasteiger partial charge in [-0.25, -0.2) is 9.66 Å². The number of nitrogens with two attached hydrogens (primary N) is 2. The number of hydrogen-bond donors (Lipinski definition) is 2. The molecule has 136 valence electrons. The first-order valence-corrected chi connectivity index (χ1v) is 8.87. The van der Waals surface area contributed by atoms with E-state index in [1.807, 2.05) is 0 Å². The van der Waals surface area contributed by atoms with Crippen molar-refractivity contribution in [3.8, 4) is 10.6 Å². The van der Waals surface area contributed by atoms with Crippen LogP contribution in [0.15, 0.2) is 34.8 Å². The molecule has 0 fully saturated rings. The van der Waals surface area contributed by atoms with Gasteiger partial charge in [-0.15, -0.1) is 21.5 Å². The molecule has 0 spiro atoms. The Morgan fingerprint density at radius 3 is 2.50 bits per heavy atom. The average Bonchev–Trinajstić information content (AvgIpc) is 3.19. The summed E-state index contributed by atoms with van der Waals surface area (Å²) in [5.41, 5.74) is 7.05. The molecule has 2 aromatic heterocycles. The van der Waals surface area contributed by atoms with Crippen molar-refractivity contribution in [2.45, 2.75) is 17.1 Å². The normalized spacial score (nSPS) is 11.7. The van der Waals surface area contributed by atoms with E-state index in [0.29, 0.717) is 20.9 Å². The number of primary amides is 1. The number of nitrogen functional groups attached to an aromatic ring is 1. The molecule has 0 saturated heterocycles. The Labute approximate surface area is 153 Å². The van der Waals surface area contributed by atoms with Gasteiger partial charge in [0.2, 0.25) is 11.1 Å². The van der Waals surface area contributed by atoms with E-state index in [4.69, 9.17) is 11.6 Å². The van der Waals surface area contributed by atoms with Gasteiger partial charge in [-0.2, -0.15) is 13.2 Å². The van der Waals surface area contributed by atoms with Gasteiger partial charge in [-0.3, -0.25) is 4.79 Å².